The number of benzene rings is 4. The number of cyclic esters (lactones) is 1. The Hall–Kier alpha value is -4.82. The van der Waals surface area contributed by atoms with Crippen molar-refractivity contribution in [2.45, 2.75) is 236 Å². The molecule has 4 saturated heterocycles. The van der Waals surface area contributed by atoms with Gasteiger partial charge >= 0.3 is 5.97 Å². The number of aliphatic hydroxyl groups is 5. The predicted octanol–water partition coefficient (Wildman–Crippen LogP) is 8.29. The molecular formula is C71H102N2O18. The number of esters is 1. The summed E-state index contributed by atoms with van der Waals surface area (Å²) >= 11 is 0. The van der Waals surface area contributed by atoms with E-state index in [2.05, 4.69) is 0 Å². The monoisotopic (exact) mass is 1270 g/mol. The number of likely N-dealkylation sites (N-methyl/N-ethyl adjacent to an activating group) is 1. The lowest BCUT2D eigenvalue weighted by Gasteiger charge is -2.49. The average molecular weight is 1270 g/mol. The Morgan fingerprint density at radius 3 is 1.70 bits per heavy atom. The van der Waals surface area contributed by atoms with Crippen molar-refractivity contribution in [2.75, 3.05) is 27.8 Å². The quantitative estimate of drug-likeness (QED) is 0.0367. The van der Waals surface area contributed by atoms with Crippen LogP contribution in [0.4, 0.5) is 0 Å². The van der Waals surface area contributed by atoms with Crippen LogP contribution in [0.25, 0.3) is 0 Å². The Balaban J connectivity index is 1.25. The highest BCUT2D eigenvalue weighted by Crippen LogP contribution is 2.42. The van der Waals surface area contributed by atoms with E-state index in [0.29, 0.717) is 6.42 Å². The number of carbonyl (C=O) groups excluding carboxylic acids is 1. The van der Waals surface area contributed by atoms with Crippen molar-refractivity contribution >= 4 is 11.7 Å². The van der Waals surface area contributed by atoms with Crippen LogP contribution < -0.4 is 0 Å². The van der Waals surface area contributed by atoms with Crippen molar-refractivity contribution in [3.8, 4) is 0 Å². The van der Waals surface area contributed by atoms with Gasteiger partial charge in [-0.2, -0.15) is 0 Å². The highest BCUT2D eigenvalue weighted by atomic mass is 16.7. The number of ether oxygens (including phenoxy) is 11. The van der Waals surface area contributed by atoms with Gasteiger partial charge in [-0.15, -0.1) is 0 Å². The topological polar surface area (TPSA) is 245 Å². The summed E-state index contributed by atoms with van der Waals surface area (Å²) < 4.78 is 73.1. The molecule has 91 heavy (non-hydrogen) atoms. The first-order valence-corrected chi connectivity index (χ1v) is 32.4. The molecule has 4 aliphatic heterocycles. The lowest BCUT2D eigenvalue weighted by Crippen LogP contribution is -2.62. The number of carbonyl (C=O) groups is 1. The molecule has 4 aliphatic rings. The summed E-state index contributed by atoms with van der Waals surface area (Å²) in [6, 6.07) is 38.5. The fraction of sp³-hybridized carbons (Fsp3) is 0.634. The number of rotatable bonds is 22. The van der Waals surface area contributed by atoms with E-state index in [1.807, 2.05) is 154 Å². The van der Waals surface area contributed by atoms with Crippen molar-refractivity contribution < 1.29 is 87.3 Å². The lowest BCUT2D eigenvalue weighted by atomic mass is 9.73. The second-order valence-corrected chi connectivity index (χ2v) is 26.5. The lowest BCUT2D eigenvalue weighted by molar-refractivity contribution is -0.329. The molecule has 0 spiro atoms. The van der Waals surface area contributed by atoms with Crippen molar-refractivity contribution in [2.24, 2.45) is 28.8 Å². The van der Waals surface area contributed by atoms with Crippen LogP contribution in [0.15, 0.2) is 126 Å². The summed E-state index contributed by atoms with van der Waals surface area (Å²) in [5.74, 6) is -4.76. The first kappa shape index (κ1) is 72.0. The third kappa shape index (κ3) is 18.2. The normalized spacial score (nSPS) is 38.5. The first-order chi connectivity index (χ1) is 43.3. The minimum Gasteiger partial charge on any atom is -0.459 e. The zero-order valence-electron chi connectivity index (χ0n) is 55.4. The zero-order valence-corrected chi connectivity index (χ0v) is 55.4. The molecule has 0 amide bonds. The average Bonchev–Trinajstić information content (AvgIpc) is 0.879. The van der Waals surface area contributed by atoms with Crippen LogP contribution in [0.3, 0.4) is 0 Å². The van der Waals surface area contributed by atoms with Gasteiger partial charge in [-0.3, -0.25) is 4.79 Å². The molecule has 20 heteroatoms. The standard InChI is InChI=1S/C71H102N2O18/c1-14-55-71(10,79)63(75)45(4)57(43(2)36-69(8,78)65(90-67-58(74)53(73(11)12)35-44(3)85-67)46(5)59(47(6)66(77)88-55)89-56-37-70(9,80-13)64(76)48(7)86-56)72-91-60-54(42-81-38-49-27-19-15-20-28-49)87-68(84-41-52-33-25-18-26-34-52)62(83-40-51-31-23-17-24-32-51)61(60)82-39-50-29-21-16-22-30-50/h15-34,43-48,53-56,58-65,67-68,74-76,78-79H,14,35-42H2,1-13H3/b72-57+/t43-,44-,45+,46+,47-,48+,53+,54-,55+,56+,58-,59+,60-,61+,62-,63-,64+,65-,67+,68-,69-,70-,71-/m1/s1. The van der Waals surface area contributed by atoms with Gasteiger partial charge in [0, 0.05) is 37.3 Å². The molecule has 4 aromatic carbocycles. The Morgan fingerprint density at radius 1 is 0.626 bits per heavy atom. The molecule has 0 saturated carbocycles. The maximum atomic E-state index is 15.0. The van der Waals surface area contributed by atoms with Gasteiger partial charge in [0.15, 0.2) is 25.0 Å². The van der Waals surface area contributed by atoms with Crippen molar-refractivity contribution in [1.29, 1.82) is 0 Å². The van der Waals surface area contributed by atoms with Gasteiger partial charge in [-0.25, -0.2) is 0 Å². The minimum absolute atomic E-state index is 0.0377. The molecule has 4 heterocycles. The minimum atomic E-state index is -2.13. The number of nitrogens with zero attached hydrogens (tertiary/aromatic N) is 2. The third-order valence-electron chi connectivity index (χ3n) is 19.0. The van der Waals surface area contributed by atoms with Gasteiger partial charge in [-0.05, 0) is 97.2 Å². The van der Waals surface area contributed by atoms with E-state index in [1.54, 1.807) is 48.5 Å². The van der Waals surface area contributed by atoms with Crippen LogP contribution >= 0.6 is 0 Å². The molecule has 0 bridgehead atoms. The zero-order chi connectivity index (χ0) is 65.8. The van der Waals surface area contributed by atoms with E-state index < -0.39 is 138 Å². The largest absolute Gasteiger partial charge is 0.459 e. The second kappa shape index (κ2) is 32.5. The van der Waals surface area contributed by atoms with E-state index in [1.165, 1.54) is 14.0 Å². The highest BCUT2D eigenvalue weighted by Gasteiger charge is 2.55. The number of hydrogen-bond acceptors (Lipinski definition) is 20. The molecule has 0 aliphatic carbocycles. The second-order valence-electron chi connectivity index (χ2n) is 26.5. The van der Waals surface area contributed by atoms with E-state index in [-0.39, 0.29) is 64.1 Å². The fourth-order valence-corrected chi connectivity index (χ4v) is 13.5. The molecule has 4 fully saturated rings. The molecular weight excluding hydrogens is 1170 g/mol. The Labute approximate surface area is 538 Å². The molecule has 0 unspecified atom stereocenters. The van der Waals surface area contributed by atoms with Gasteiger partial charge in [-0.1, -0.05) is 154 Å². The summed E-state index contributed by atoms with van der Waals surface area (Å²) in [4.78, 5) is 23.9. The molecule has 0 aromatic heterocycles. The first-order valence-electron chi connectivity index (χ1n) is 32.4. The van der Waals surface area contributed by atoms with Crippen molar-refractivity contribution in [3.05, 3.63) is 144 Å². The summed E-state index contributed by atoms with van der Waals surface area (Å²) in [5, 5.41) is 67.5. The Bertz CT molecular complexity index is 2840. The summed E-state index contributed by atoms with van der Waals surface area (Å²) in [6.45, 7) is 17.7. The van der Waals surface area contributed by atoms with Gasteiger partial charge < -0.3 is 87.4 Å². The van der Waals surface area contributed by atoms with Crippen LogP contribution in [0.5, 0.6) is 0 Å². The summed E-state index contributed by atoms with van der Waals surface area (Å²) in [7, 11) is 5.23. The van der Waals surface area contributed by atoms with Crippen LogP contribution in [-0.4, -0.2) is 185 Å². The van der Waals surface area contributed by atoms with E-state index in [0.717, 1.165) is 22.3 Å². The molecule has 8 rings (SSSR count). The SMILES string of the molecule is CC[C@@H]1OC(=O)[C@H](C)[C@@H](O[C@H]2C[C@@](C)(OC)[C@@H](O)[C@H](C)O2)[C@H](C)[C@@H](O[C@@H]2O[C@H](C)C[C@H](N(C)C)[C@H]2O)[C@](C)(O)C[C@@H](C)/C(=N\O[C@H]2[C@H](OCc3ccccc3)[C@@H](OCc3ccccc3)[C@H](OCc3ccccc3)O[C@@H]2COCc2ccccc2)[C@H](C)[C@@H](O)[C@]1(C)O. The molecule has 0 radical (unpaired) electrons. The van der Waals surface area contributed by atoms with E-state index >= 15 is 0 Å². The van der Waals surface area contributed by atoms with Crippen LogP contribution in [-0.2, 0) is 88.2 Å². The Kier molecular flexibility index (Phi) is 25.8. The Morgan fingerprint density at radius 2 is 1.16 bits per heavy atom. The van der Waals surface area contributed by atoms with Crippen molar-refractivity contribution in [3.63, 3.8) is 0 Å². The van der Waals surface area contributed by atoms with Gasteiger partial charge in [0.2, 0.25) is 0 Å². The van der Waals surface area contributed by atoms with Gasteiger partial charge in [0.25, 0.3) is 0 Å². The van der Waals surface area contributed by atoms with E-state index in [4.69, 9.17) is 62.1 Å². The number of methoxy groups -OCH3 is 1. The molecule has 20 nitrogen and oxygen atoms in total. The van der Waals surface area contributed by atoms with Crippen LogP contribution in [0.2, 0.25) is 0 Å². The predicted molar refractivity (Wildman–Crippen MR) is 340 cm³/mol. The maximum Gasteiger partial charge on any atom is 0.311 e. The number of hydrogen-bond donors (Lipinski definition) is 5. The van der Waals surface area contributed by atoms with Gasteiger partial charge in [0.1, 0.15) is 42.2 Å². The molecule has 504 valence electrons. The van der Waals surface area contributed by atoms with Crippen LogP contribution in [0, 0.1) is 23.7 Å². The molecule has 5 N–H and O–H groups in total. The number of aliphatic hydroxyl groups excluding tert-OH is 3. The number of oxime groups is 1. The summed E-state index contributed by atoms with van der Waals surface area (Å²) in [6.07, 6.45) is -15.8. The molecule has 23 atom stereocenters. The summed E-state index contributed by atoms with van der Waals surface area (Å²) in [5.41, 5.74) is -1.40. The van der Waals surface area contributed by atoms with Gasteiger partial charge in [0.05, 0.1) is 86.4 Å². The van der Waals surface area contributed by atoms with Crippen molar-refractivity contribution in [1.82, 2.24) is 4.90 Å². The highest BCUT2D eigenvalue weighted by molar-refractivity contribution is 5.89. The third-order valence-corrected chi connectivity index (χ3v) is 19.0. The maximum absolute atomic E-state index is 15.0. The van der Waals surface area contributed by atoms with Crippen LogP contribution in [0.1, 0.15) is 117 Å². The molecule has 4 aromatic rings. The smallest absolute Gasteiger partial charge is 0.311 e. The fourth-order valence-electron chi connectivity index (χ4n) is 13.5. The van der Waals surface area contributed by atoms with E-state index in [9.17, 15) is 30.3 Å².